The summed E-state index contributed by atoms with van der Waals surface area (Å²) in [4.78, 5) is 55.5. The predicted molar refractivity (Wildman–Crippen MR) is 159 cm³/mol. The lowest BCUT2D eigenvalue weighted by Crippen LogP contribution is -2.66. The topological polar surface area (TPSA) is 180 Å². The van der Waals surface area contributed by atoms with Gasteiger partial charge in [-0.3, -0.25) is 29.4 Å². The molecule has 4 atom stereocenters. The van der Waals surface area contributed by atoms with Gasteiger partial charge in [0.1, 0.15) is 22.8 Å². The van der Waals surface area contributed by atoms with Gasteiger partial charge in [-0.2, -0.15) is 0 Å². The smallest absolute Gasteiger partial charge is 0.265 e. The molecule has 234 valence electrons. The Hall–Kier alpha value is -3.74. The van der Waals surface area contributed by atoms with E-state index in [1.54, 1.807) is 14.1 Å². The van der Waals surface area contributed by atoms with Gasteiger partial charge in [-0.25, -0.2) is 0 Å². The minimum atomic E-state index is -2.74. The molecule has 6 N–H and O–H groups in total. The predicted octanol–water partition coefficient (Wildman–Crippen LogP) is 1.34. The number of anilines is 1. The van der Waals surface area contributed by atoms with Crippen LogP contribution in [0.25, 0.3) is 5.76 Å². The second-order valence-electron chi connectivity index (χ2n) is 13.4. The number of benzene rings is 1. The molecule has 3 aliphatic rings. The van der Waals surface area contributed by atoms with Crippen LogP contribution in [0.15, 0.2) is 23.0 Å². The Bertz CT molecular complexity index is 1470. The van der Waals surface area contributed by atoms with Crippen LogP contribution >= 0.6 is 0 Å². The SMILES string of the molecule is CC(=O)NC(=O)C1=C(O)[C@@]2(O)C(=O)C3=C(O)c4c(O)c(CNCC(C)(C)C)cc(N(C)C)c4C[C@H]3C[C@H]2[C@H](N(C)C)C1=O. The number of ketones is 2. The second kappa shape index (κ2) is 11.1. The van der Waals surface area contributed by atoms with Crippen LogP contribution in [0.4, 0.5) is 5.69 Å². The molecule has 43 heavy (non-hydrogen) atoms. The van der Waals surface area contributed by atoms with E-state index in [4.69, 9.17) is 0 Å². The molecule has 12 nitrogen and oxygen atoms in total. The average molecular weight is 599 g/mol. The number of carbonyl (C=O) groups excluding carboxylic acids is 4. The van der Waals surface area contributed by atoms with E-state index in [9.17, 15) is 39.6 Å². The molecular weight excluding hydrogens is 556 g/mol. The Kier molecular flexibility index (Phi) is 8.29. The fourth-order valence-corrected chi connectivity index (χ4v) is 6.66. The van der Waals surface area contributed by atoms with Crippen LogP contribution in [0.3, 0.4) is 0 Å². The Morgan fingerprint density at radius 3 is 2.26 bits per heavy atom. The van der Waals surface area contributed by atoms with Crippen molar-refractivity contribution in [3.05, 3.63) is 39.7 Å². The van der Waals surface area contributed by atoms with Crippen molar-refractivity contribution in [3.63, 3.8) is 0 Å². The molecule has 1 saturated carbocycles. The number of phenols is 1. The van der Waals surface area contributed by atoms with Crippen LogP contribution in [0.1, 0.15) is 50.8 Å². The lowest BCUT2D eigenvalue weighted by Gasteiger charge is -2.50. The Morgan fingerprint density at radius 1 is 1.09 bits per heavy atom. The van der Waals surface area contributed by atoms with Crippen LogP contribution in [-0.2, 0) is 32.1 Å². The molecule has 0 saturated heterocycles. The van der Waals surface area contributed by atoms with E-state index in [1.807, 2.05) is 30.4 Å². The van der Waals surface area contributed by atoms with Crippen LogP contribution in [-0.4, -0.2) is 95.1 Å². The van der Waals surface area contributed by atoms with Crippen molar-refractivity contribution < 1.29 is 39.6 Å². The van der Waals surface area contributed by atoms with Gasteiger partial charge in [-0.1, -0.05) is 20.8 Å². The van der Waals surface area contributed by atoms with Crippen molar-refractivity contribution in [1.29, 1.82) is 0 Å². The van der Waals surface area contributed by atoms with Crippen molar-refractivity contribution in [1.82, 2.24) is 15.5 Å². The third-order valence-corrected chi connectivity index (χ3v) is 8.50. The summed E-state index contributed by atoms with van der Waals surface area (Å²) >= 11 is 0. The molecule has 0 aliphatic heterocycles. The number of carbonyl (C=O) groups is 4. The number of aliphatic hydroxyl groups excluding tert-OH is 2. The largest absolute Gasteiger partial charge is 0.508 e. The summed E-state index contributed by atoms with van der Waals surface area (Å²) in [6.45, 7) is 8.19. The molecule has 0 aromatic heterocycles. The Labute approximate surface area is 251 Å². The van der Waals surface area contributed by atoms with Crippen LogP contribution < -0.4 is 15.5 Å². The Morgan fingerprint density at radius 2 is 1.72 bits per heavy atom. The van der Waals surface area contributed by atoms with Crippen molar-refractivity contribution in [2.24, 2.45) is 17.3 Å². The van der Waals surface area contributed by atoms with Gasteiger partial charge >= 0.3 is 0 Å². The number of imide groups is 1. The van der Waals surface area contributed by atoms with Gasteiger partial charge in [-0.05, 0) is 49.9 Å². The minimum Gasteiger partial charge on any atom is -0.508 e. The molecule has 1 aromatic rings. The highest BCUT2D eigenvalue weighted by atomic mass is 16.3. The molecule has 1 aromatic carbocycles. The maximum absolute atomic E-state index is 14.2. The summed E-state index contributed by atoms with van der Waals surface area (Å²) < 4.78 is 0. The fraction of sp³-hybridized carbons (Fsp3) is 0.548. The first kappa shape index (κ1) is 32.2. The molecule has 0 heterocycles. The van der Waals surface area contributed by atoms with Crippen molar-refractivity contribution in [3.8, 4) is 5.75 Å². The number of amides is 2. The van der Waals surface area contributed by atoms with Gasteiger partial charge in [-0.15, -0.1) is 0 Å². The standard InChI is InChI=1S/C31H42N4O8/c1-14(36)33-29(42)22-26(39)23(35(7)8)18-10-15-9-17-19(34(5)6)11-16(12-32-13-30(2,3)4)24(37)21(17)25(38)20(15)27(40)31(18,43)28(22)41/h11,15,18,23,32,37-38,41,43H,9-10,12-13H2,1-8H3,(H,33,36,42)/t15-,18-,23-,31-/m0/s1. The van der Waals surface area contributed by atoms with E-state index in [2.05, 4.69) is 26.1 Å². The second-order valence-corrected chi connectivity index (χ2v) is 13.4. The zero-order valence-electron chi connectivity index (χ0n) is 26.0. The van der Waals surface area contributed by atoms with Gasteiger partial charge in [0.2, 0.25) is 11.7 Å². The van der Waals surface area contributed by atoms with Gasteiger partial charge in [0, 0.05) is 56.9 Å². The molecule has 1 fully saturated rings. The summed E-state index contributed by atoms with van der Waals surface area (Å²) in [6.07, 6.45) is 0.212. The number of hydrogen-bond acceptors (Lipinski definition) is 11. The van der Waals surface area contributed by atoms with Gasteiger partial charge in [0.25, 0.3) is 5.91 Å². The van der Waals surface area contributed by atoms with Crippen molar-refractivity contribution in [2.75, 3.05) is 39.6 Å². The highest BCUT2D eigenvalue weighted by Crippen LogP contribution is 2.54. The summed E-state index contributed by atoms with van der Waals surface area (Å²) in [5.41, 5.74) is -1.95. The molecule has 0 spiro atoms. The number of nitrogens with one attached hydrogen (secondary N) is 2. The maximum Gasteiger partial charge on any atom is 0.265 e. The highest BCUT2D eigenvalue weighted by Gasteiger charge is 2.64. The highest BCUT2D eigenvalue weighted by molar-refractivity contribution is 6.26. The first-order valence-electron chi connectivity index (χ1n) is 14.3. The van der Waals surface area contributed by atoms with E-state index >= 15 is 0 Å². The number of aliphatic hydroxyl groups is 3. The van der Waals surface area contributed by atoms with Crippen LogP contribution in [0, 0.1) is 17.3 Å². The molecule has 4 rings (SSSR count). The van der Waals surface area contributed by atoms with Gasteiger partial charge in [0.15, 0.2) is 11.4 Å². The van der Waals surface area contributed by atoms with Crippen LogP contribution in [0.5, 0.6) is 5.75 Å². The number of Topliss-reactive ketones (excluding diaryl/α,β-unsaturated/α-hetero) is 2. The van der Waals surface area contributed by atoms with Crippen molar-refractivity contribution >= 4 is 34.8 Å². The lowest BCUT2D eigenvalue weighted by atomic mass is 9.57. The number of hydrogen-bond donors (Lipinski definition) is 6. The zero-order chi connectivity index (χ0) is 32.3. The minimum absolute atomic E-state index is 0.00382. The summed E-state index contributed by atoms with van der Waals surface area (Å²) in [5, 5.41) is 51.5. The summed E-state index contributed by atoms with van der Waals surface area (Å²) in [7, 11) is 6.76. The van der Waals surface area contributed by atoms with Crippen molar-refractivity contribution in [2.45, 2.75) is 58.7 Å². The van der Waals surface area contributed by atoms with E-state index in [1.165, 1.54) is 4.90 Å². The van der Waals surface area contributed by atoms with Gasteiger partial charge < -0.3 is 30.6 Å². The lowest BCUT2D eigenvalue weighted by molar-refractivity contribution is -0.153. The molecule has 0 radical (unpaired) electrons. The van der Waals surface area contributed by atoms with E-state index in [-0.39, 0.29) is 41.7 Å². The normalized spacial score (nSPS) is 25.4. The molecule has 2 amide bonds. The maximum atomic E-state index is 14.2. The third kappa shape index (κ3) is 5.32. The number of phenolic OH excluding ortho intramolecular Hbond substituents is 1. The zero-order valence-corrected chi connectivity index (χ0v) is 26.0. The Balaban J connectivity index is 1.91. The number of aromatic hydroxyl groups is 1. The number of fused-ring (bicyclic) bond motifs is 3. The number of likely N-dealkylation sites (N-methyl/N-ethyl adjacent to an activating group) is 1. The van der Waals surface area contributed by atoms with E-state index in [0.717, 1.165) is 12.6 Å². The monoisotopic (exact) mass is 598 g/mol. The quantitative estimate of drug-likeness (QED) is 0.260. The first-order valence-corrected chi connectivity index (χ1v) is 14.3. The summed E-state index contributed by atoms with van der Waals surface area (Å²) in [5.74, 6) is -7.67. The number of rotatable bonds is 6. The molecule has 12 heteroatoms. The fourth-order valence-electron chi connectivity index (χ4n) is 6.66. The molecule has 0 bridgehead atoms. The van der Waals surface area contributed by atoms with Gasteiger partial charge in [0.05, 0.1) is 11.6 Å². The molecule has 3 aliphatic carbocycles. The van der Waals surface area contributed by atoms with E-state index in [0.29, 0.717) is 17.7 Å². The molecular formula is C31H42N4O8. The van der Waals surface area contributed by atoms with Crippen LogP contribution in [0.2, 0.25) is 0 Å². The first-order chi connectivity index (χ1) is 19.8. The summed E-state index contributed by atoms with van der Waals surface area (Å²) in [6, 6.07) is 0.644. The molecule has 0 unspecified atom stereocenters. The number of nitrogens with zero attached hydrogens (tertiary/aromatic N) is 2. The third-order valence-electron chi connectivity index (χ3n) is 8.50. The van der Waals surface area contributed by atoms with E-state index < -0.39 is 64.0 Å². The average Bonchev–Trinajstić information content (AvgIpc) is 2.86.